The normalized spacial score (nSPS) is 25.6. The Kier molecular flexibility index (Phi) is 4.74. The van der Waals surface area contributed by atoms with Crippen molar-refractivity contribution in [1.29, 1.82) is 0 Å². The minimum absolute atomic E-state index is 0.0312. The number of methoxy groups -OCH3 is 1. The fourth-order valence-corrected chi connectivity index (χ4v) is 4.46. The van der Waals surface area contributed by atoms with Crippen molar-refractivity contribution in [3.8, 4) is 0 Å². The fourth-order valence-electron chi connectivity index (χ4n) is 4.46. The maximum absolute atomic E-state index is 13.8. The zero-order valence-corrected chi connectivity index (χ0v) is 14.8. The number of hydrogen-bond acceptors (Lipinski definition) is 4. The van der Waals surface area contributed by atoms with Crippen molar-refractivity contribution >= 4 is 5.91 Å². The molecule has 0 unspecified atom stereocenters. The molecule has 1 amide bonds. The van der Waals surface area contributed by atoms with Gasteiger partial charge in [0.05, 0.1) is 6.04 Å². The largest absolute Gasteiger partial charge is 0.375 e. The molecule has 0 bridgehead atoms. The number of hydrogen-bond donors (Lipinski definition) is 1. The first-order valence-corrected chi connectivity index (χ1v) is 8.90. The van der Waals surface area contributed by atoms with Crippen molar-refractivity contribution in [1.82, 2.24) is 20.0 Å². The van der Waals surface area contributed by atoms with Crippen LogP contribution in [0.3, 0.4) is 0 Å². The Balaban J connectivity index is 1.57. The number of halogens is 1. The van der Waals surface area contributed by atoms with Gasteiger partial charge in [-0.25, -0.2) is 4.39 Å². The molecule has 138 valence electrons. The quantitative estimate of drug-likeness (QED) is 0.886. The Morgan fingerprint density at radius 2 is 2.23 bits per heavy atom. The Labute approximate surface area is 151 Å². The van der Waals surface area contributed by atoms with E-state index in [9.17, 15) is 9.18 Å². The third-order valence-corrected chi connectivity index (χ3v) is 5.47. The number of benzene rings is 1. The number of aromatic amines is 1. The number of carbonyl (C=O) groups is 1. The zero-order valence-electron chi connectivity index (χ0n) is 14.8. The average Bonchev–Trinajstić information content (AvgIpc) is 3.31. The number of fused-ring (bicyclic) bond motifs is 1. The molecule has 2 saturated heterocycles. The van der Waals surface area contributed by atoms with Gasteiger partial charge >= 0.3 is 0 Å². The average molecular weight is 358 g/mol. The van der Waals surface area contributed by atoms with Crippen LogP contribution in [-0.2, 0) is 16.1 Å². The van der Waals surface area contributed by atoms with Crippen LogP contribution < -0.4 is 0 Å². The number of H-pyrrole nitrogens is 1. The standard InChI is InChI=1S/C19H23FN4O2/c1-26-12-18(25)24-9-14-8-23(10-16-5-6-21-22-16)11-17(14)19(24)13-3-2-4-15(20)7-13/h2-7,14,17,19H,8-12H2,1H3,(H,21,22)/t14-,17-,19+/m1/s1. The van der Waals surface area contributed by atoms with Gasteiger partial charge in [0.2, 0.25) is 5.91 Å². The van der Waals surface area contributed by atoms with Gasteiger partial charge < -0.3 is 9.64 Å². The molecule has 4 rings (SSSR count). The summed E-state index contributed by atoms with van der Waals surface area (Å²) >= 11 is 0. The van der Waals surface area contributed by atoms with Crippen molar-refractivity contribution in [3.05, 3.63) is 53.6 Å². The van der Waals surface area contributed by atoms with Crippen molar-refractivity contribution in [3.63, 3.8) is 0 Å². The molecule has 0 saturated carbocycles. The molecule has 2 aliphatic heterocycles. The van der Waals surface area contributed by atoms with E-state index in [-0.39, 0.29) is 24.4 Å². The van der Waals surface area contributed by atoms with E-state index in [1.54, 1.807) is 18.3 Å². The molecule has 0 radical (unpaired) electrons. The Bertz CT molecular complexity index is 767. The first-order valence-electron chi connectivity index (χ1n) is 8.90. The highest BCUT2D eigenvalue weighted by Crippen LogP contribution is 2.45. The van der Waals surface area contributed by atoms with Crippen LogP contribution in [0.4, 0.5) is 4.39 Å². The van der Waals surface area contributed by atoms with Gasteiger partial charge in [0.25, 0.3) is 0 Å². The number of likely N-dealkylation sites (tertiary alicyclic amines) is 2. The number of ether oxygens (including phenoxy) is 1. The highest BCUT2D eigenvalue weighted by molar-refractivity contribution is 5.78. The highest BCUT2D eigenvalue weighted by atomic mass is 19.1. The Morgan fingerprint density at radius 3 is 2.96 bits per heavy atom. The van der Waals surface area contributed by atoms with E-state index >= 15 is 0 Å². The second-order valence-electron chi connectivity index (χ2n) is 7.18. The smallest absolute Gasteiger partial charge is 0.249 e. The third kappa shape index (κ3) is 3.24. The number of nitrogens with zero attached hydrogens (tertiary/aromatic N) is 3. The molecule has 2 aromatic rings. The molecule has 0 aliphatic carbocycles. The number of carbonyl (C=O) groups excluding carboxylic acids is 1. The lowest BCUT2D eigenvalue weighted by Crippen LogP contribution is -2.37. The van der Waals surface area contributed by atoms with Crippen LogP contribution in [0.2, 0.25) is 0 Å². The Morgan fingerprint density at radius 1 is 1.35 bits per heavy atom. The van der Waals surface area contributed by atoms with Crippen LogP contribution >= 0.6 is 0 Å². The summed E-state index contributed by atoms with van der Waals surface area (Å²) < 4.78 is 18.9. The molecule has 1 N–H and O–H groups in total. The van der Waals surface area contributed by atoms with E-state index in [4.69, 9.17) is 4.74 Å². The number of aromatic nitrogens is 2. The third-order valence-electron chi connectivity index (χ3n) is 5.47. The second-order valence-corrected chi connectivity index (χ2v) is 7.18. The molecular weight excluding hydrogens is 335 g/mol. The number of nitrogens with one attached hydrogen (secondary N) is 1. The van der Waals surface area contributed by atoms with E-state index in [1.807, 2.05) is 17.0 Å². The summed E-state index contributed by atoms with van der Waals surface area (Å²) in [7, 11) is 1.53. The van der Waals surface area contributed by atoms with Crippen LogP contribution in [0.25, 0.3) is 0 Å². The lowest BCUT2D eigenvalue weighted by molar-refractivity contribution is -0.136. The van der Waals surface area contributed by atoms with E-state index in [0.717, 1.165) is 30.9 Å². The van der Waals surface area contributed by atoms with Crippen LogP contribution in [0.1, 0.15) is 17.3 Å². The van der Waals surface area contributed by atoms with Crippen molar-refractivity contribution in [2.24, 2.45) is 11.8 Å². The van der Waals surface area contributed by atoms with Gasteiger partial charge in [0.15, 0.2) is 0 Å². The second kappa shape index (κ2) is 7.17. The van der Waals surface area contributed by atoms with Gasteiger partial charge in [-0.3, -0.25) is 14.8 Å². The van der Waals surface area contributed by atoms with Gasteiger partial charge in [0.1, 0.15) is 12.4 Å². The Hall–Kier alpha value is -2.25. The lowest BCUT2D eigenvalue weighted by Gasteiger charge is -2.29. The SMILES string of the molecule is COCC(=O)N1C[C@H]2CN(Cc3ccn[nH]3)C[C@H]2[C@@H]1c1cccc(F)c1. The van der Waals surface area contributed by atoms with Crippen LogP contribution in [0.5, 0.6) is 0 Å². The van der Waals surface area contributed by atoms with Crippen molar-refractivity contribution in [2.45, 2.75) is 12.6 Å². The molecule has 3 atom stereocenters. The molecule has 3 heterocycles. The van der Waals surface area contributed by atoms with Crippen molar-refractivity contribution in [2.75, 3.05) is 33.4 Å². The van der Waals surface area contributed by atoms with Crippen LogP contribution in [0.15, 0.2) is 36.5 Å². The molecule has 1 aromatic carbocycles. The predicted octanol–water partition coefficient (Wildman–Crippen LogP) is 1.83. The zero-order chi connectivity index (χ0) is 18.1. The van der Waals surface area contributed by atoms with Gasteiger partial charge in [0, 0.05) is 51.1 Å². The van der Waals surface area contributed by atoms with Crippen LogP contribution in [-0.4, -0.2) is 59.3 Å². The van der Waals surface area contributed by atoms with Crippen molar-refractivity contribution < 1.29 is 13.9 Å². The summed E-state index contributed by atoms with van der Waals surface area (Å²) in [6.45, 7) is 3.36. The number of rotatable bonds is 5. The molecular formula is C19H23FN4O2. The molecule has 2 fully saturated rings. The topological polar surface area (TPSA) is 61.5 Å². The van der Waals surface area contributed by atoms with Gasteiger partial charge in [-0.05, 0) is 29.7 Å². The summed E-state index contributed by atoms with van der Waals surface area (Å²) in [6.07, 6.45) is 1.76. The lowest BCUT2D eigenvalue weighted by atomic mass is 9.89. The molecule has 7 heteroatoms. The summed E-state index contributed by atoms with van der Waals surface area (Å²) in [5.41, 5.74) is 1.95. The van der Waals surface area contributed by atoms with E-state index in [2.05, 4.69) is 15.1 Å². The summed E-state index contributed by atoms with van der Waals surface area (Å²) in [5, 5.41) is 7.01. The van der Waals surface area contributed by atoms with Gasteiger partial charge in [-0.1, -0.05) is 12.1 Å². The minimum atomic E-state index is -0.266. The summed E-state index contributed by atoms with van der Waals surface area (Å²) in [6, 6.07) is 8.50. The minimum Gasteiger partial charge on any atom is -0.375 e. The van der Waals surface area contributed by atoms with E-state index < -0.39 is 0 Å². The maximum atomic E-state index is 13.8. The number of amides is 1. The molecule has 2 aliphatic rings. The first-order chi connectivity index (χ1) is 12.7. The molecule has 1 aromatic heterocycles. The monoisotopic (exact) mass is 358 g/mol. The first kappa shape index (κ1) is 17.2. The van der Waals surface area contributed by atoms with Gasteiger partial charge in [-0.15, -0.1) is 0 Å². The van der Waals surface area contributed by atoms with E-state index in [0.29, 0.717) is 18.4 Å². The molecule has 6 nitrogen and oxygen atoms in total. The fraction of sp³-hybridized carbons (Fsp3) is 0.474. The van der Waals surface area contributed by atoms with Gasteiger partial charge in [-0.2, -0.15) is 5.10 Å². The molecule has 0 spiro atoms. The summed E-state index contributed by atoms with van der Waals surface area (Å²) in [4.78, 5) is 16.8. The van der Waals surface area contributed by atoms with E-state index in [1.165, 1.54) is 13.2 Å². The maximum Gasteiger partial charge on any atom is 0.249 e. The highest BCUT2D eigenvalue weighted by Gasteiger charge is 2.48. The van der Waals surface area contributed by atoms with Crippen LogP contribution in [0, 0.1) is 17.7 Å². The summed E-state index contributed by atoms with van der Waals surface area (Å²) in [5.74, 6) is 0.376. The molecule has 26 heavy (non-hydrogen) atoms. The predicted molar refractivity (Wildman–Crippen MR) is 93.6 cm³/mol.